The topological polar surface area (TPSA) is 135 Å². The molecule has 5 unspecified atom stereocenters. The number of methoxy groups -OCH3 is 1. The molecule has 0 radical (unpaired) electrons. The number of aromatic amines is 1. The molecule has 41 heavy (non-hydrogen) atoms. The average Bonchev–Trinajstić information content (AvgIpc) is 3.74. The third kappa shape index (κ3) is 5.87. The summed E-state index contributed by atoms with van der Waals surface area (Å²) in [4.78, 5) is 70.3. The van der Waals surface area contributed by atoms with E-state index in [0.29, 0.717) is 30.8 Å². The van der Waals surface area contributed by atoms with Crippen LogP contribution in [0.5, 0.6) is 5.75 Å². The highest BCUT2D eigenvalue weighted by atomic mass is 16.5. The van der Waals surface area contributed by atoms with Crippen LogP contribution in [0.3, 0.4) is 0 Å². The number of rotatable bonds is 10. The lowest BCUT2D eigenvalue weighted by Crippen LogP contribution is -2.53. The molecule has 10 heteroatoms. The van der Waals surface area contributed by atoms with Crippen LogP contribution in [0.4, 0.5) is 0 Å². The second-order valence-corrected chi connectivity index (χ2v) is 11.9. The van der Waals surface area contributed by atoms with E-state index in [2.05, 4.69) is 10.3 Å². The Labute approximate surface area is 239 Å². The number of benzene rings is 1. The third-order valence-electron chi connectivity index (χ3n) is 8.98. The Morgan fingerprint density at radius 3 is 2.63 bits per heavy atom. The van der Waals surface area contributed by atoms with E-state index in [9.17, 15) is 24.0 Å². The van der Waals surface area contributed by atoms with Crippen LogP contribution in [-0.4, -0.2) is 71.6 Å². The van der Waals surface area contributed by atoms with Gasteiger partial charge in [0.2, 0.25) is 5.91 Å². The van der Waals surface area contributed by atoms with Crippen molar-refractivity contribution < 1.29 is 33.4 Å². The van der Waals surface area contributed by atoms with Gasteiger partial charge in [0.1, 0.15) is 23.3 Å². The number of amides is 2. The molecule has 5 rings (SSSR count). The van der Waals surface area contributed by atoms with Crippen molar-refractivity contribution in [2.24, 2.45) is 23.7 Å². The molecule has 2 N–H and O–H groups in total. The minimum Gasteiger partial charge on any atom is -0.496 e. The second-order valence-electron chi connectivity index (χ2n) is 11.9. The van der Waals surface area contributed by atoms with E-state index in [1.165, 1.54) is 0 Å². The highest BCUT2D eigenvalue weighted by Gasteiger charge is 2.50. The number of fused-ring (bicyclic) bond motifs is 2. The molecule has 0 bridgehead atoms. The first-order valence-electron chi connectivity index (χ1n) is 14.7. The molecule has 1 aliphatic heterocycles. The summed E-state index contributed by atoms with van der Waals surface area (Å²) in [5.41, 5.74) is 1.13. The molecule has 1 aromatic carbocycles. The van der Waals surface area contributed by atoms with Crippen molar-refractivity contribution in [1.82, 2.24) is 15.2 Å². The van der Waals surface area contributed by atoms with Crippen LogP contribution in [0.15, 0.2) is 24.3 Å². The summed E-state index contributed by atoms with van der Waals surface area (Å²) in [7, 11) is 1.58. The number of esters is 1. The number of aromatic nitrogens is 1. The van der Waals surface area contributed by atoms with E-state index < -0.39 is 42.3 Å². The first kappa shape index (κ1) is 28.8. The normalized spacial score (nSPS) is 24.5. The summed E-state index contributed by atoms with van der Waals surface area (Å²) in [6, 6.07) is 5.56. The molecule has 2 saturated carbocycles. The van der Waals surface area contributed by atoms with Crippen LogP contribution in [0.25, 0.3) is 10.9 Å². The zero-order valence-corrected chi connectivity index (χ0v) is 23.9. The summed E-state index contributed by atoms with van der Waals surface area (Å²) in [6.45, 7) is 3.34. The predicted molar refractivity (Wildman–Crippen MR) is 150 cm³/mol. The molecule has 3 fully saturated rings. The molecule has 220 valence electrons. The number of carbonyl (C=O) groups is 5. The number of Topliss-reactive ketones (excluding diaryl/α,β-unsaturated/α-hetero) is 2. The Bertz CT molecular complexity index is 1350. The molecule has 1 aromatic heterocycles. The fraction of sp³-hybridized carbons (Fsp3) is 0.581. The summed E-state index contributed by atoms with van der Waals surface area (Å²) in [5.74, 6) is -1.44. The van der Waals surface area contributed by atoms with Gasteiger partial charge in [0.15, 0.2) is 12.4 Å². The quantitative estimate of drug-likeness (QED) is 0.422. The van der Waals surface area contributed by atoms with Crippen molar-refractivity contribution in [3.05, 3.63) is 30.0 Å². The van der Waals surface area contributed by atoms with Gasteiger partial charge in [-0.25, -0.2) is 0 Å². The Hall–Kier alpha value is -3.69. The SMILES string of the molecule is COc1cccc2[nH]c(C(=O)N3CC4CCCC4C3C(=O)NC(CC3CCCC3=O)C(=O)COC(=O)C(C)C)cc12. The lowest BCUT2D eigenvalue weighted by Gasteiger charge is -2.29. The number of H-pyrrole nitrogens is 1. The van der Waals surface area contributed by atoms with Crippen LogP contribution in [0.1, 0.15) is 69.3 Å². The maximum Gasteiger partial charge on any atom is 0.308 e. The van der Waals surface area contributed by atoms with Gasteiger partial charge in [-0.05, 0) is 62.1 Å². The van der Waals surface area contributed by atoms with Gasteiger partial charge in [0, 0.05) is 29.8 Å². The molecule has 2 aromatic rings. The highest BCUT2D eigenvalue weighted by Crippen LogP contribution is 2.43. The zero-order valence-electron chi connectivity index (χ0n) is 23.9. The summed E-state index contributed by atoms with van der Waals surface area (Å²) < 4.78 is 10.6. The van der Waals surface area contributed by atoms with E-state index in [1.54, 1.807) is 31.9 Å². The van der Waals surface area contributed by atoms with Gasteiger partial charge in [-0.2, -0.15) is 0 Å². The predicted octanol–water partition coefficient (Wildman–Crippen LogP) is 3.43. The molecular formula is C31H39N3O7. The van der Waals surface area contributed by atoms with Crippen LogP contribution >= 0.6 is 0 Å². The monoisotopic (exact) mass is 565 g/mol. The lowest BCUT2D eigenvalue weighted by atomic mass is 9.91. The number of ether oxygens (including phenoxy) is 2. The van der Waals surface area contributed by atoms with E-state index in [0.717, 1.165) is 36.6 Å². The molecule has 0 spiro atoms. The third-order valence-corrected chi connectivity index (χ3v) is 8.98. The first-order chi connectivity index (χ1) is 19.7. The highest BCUT2D eigenvalue weighted by molar-refractivity contribution is 6.02. The van der Waals surface area contributed by atoms with Gasteiger partial charge < -0.3 is 24.7 Å². The van der Waals surface area contributed by atoms with Crippen molar-refractivity contribution in [3.63, 3.8) is 0 Å². The molecule has 2 aliphatic carbocycles. The van der Waals surface area contributed by atoms with Crippen molar-refractivity contribution in [2.75, 3.05) is 20.3 Å². The Morgan fingerprint density at radius 1 is 1.12 bits per heavy atom. The number of hydrogen-bond acceptors (Lipinski definition) is 7. The molecule has 5 atom stereocenters. The van der Waals surface area contributed by atoms with Crippen molar-refractivity contribution >= 4 is 40.3 Å². The number of nitrogens with zero attached hydrogens (tertiary/aromatic N) is 1. The Balaban J connectivity index is 1.37. The molecule has 2 heterocycles. The van der Waals surface area contributed by atoms with Crippen molar-refractivity contribution in [3.8, 4) is 5.75 Å². The fourth-order valence-corrected chi connectivity index (χ4v) is 6.78. The smallest absolute Gasteiger partial charge is 0.308 e. The zero-order chi connectivity index (χ0) is 29.3. The Kier molecular flexibility index (Phi) is 8.47. The van der Waals surface area contributed by atoms with E-state index in [4.69, 9.17) is 9.47 Å². The maximum atomic E-state index is 13.9. The van der Waals surface area contributed by atoms with E-state index in [-0.39, 0.29) is 35.9 Å². The number of nitrogens with one attached hydrogen (secondary N) is 2. The molecular weight excluding hydrogens is 526 g/mol. The summed E-state index contributed by atoms with van der Waals surface area (Å²) in [6.07, 6.45) is 4.78. The first-order valence-corrected chi connectivity index (χ1v) is 14.7. The average molecular weight is 566 g/mol. The van der Waals surface area contributed by atoms with Crippen molar-refractivity contribution in [1.29, 1.82) is 0 Å². The minimum atomic E-state index is -0.982. The number of ketones is 2. The largest absolute Gasteiger partial charge is 0.496 e. The van der Waals surface area contributed by atoms with Gasteiger partial charge in [0.25, 0.3) is 5.91 Å². The van der Waals surface area contributed by atoms with Gasteiger partial charge in [-0.1, -0.05) is 26.3 Å². The van der Waals surface area contributed by atoms with E-state index in [1.807, 2.05) is 18.2 Å². The minimum absolute atomic E-state index is 0.0134. The number of likely N-dealkylation sites (tertiary alicyclic amines) is 1. The van der Waals surface area contributed by atoms with Gasteiger partial charge in [-0.3, -0.25) is 24.0 Å². The fourth-order valence-electron chi connectivity index (χ4n) is 6.78. The van der Waals surface area contributed by atoms with E-state index >= 15 is 0 Å². The molecule has 3 aliphatic rings. The van der Waals surface area contributed by atoms with Crippen LogP contribution in [0.2, 0.25) is 0 Å². The van der Waals surface area contributed by atoms with Gasteiger partial charge >= 0.3 is 5.97 Å². The summed E-state index contributed by atoms with van der Waals surface area (Å²) in [5, 5.41) is 3.68. The van der Waals surface area contributed by atoms with Crippen molar-refractivity contribution in [2.45, 2.75) is 70.9 Å². The van der Waals surface area contributed by atoms with Crippen LogP contribution < -0.4 is 10.1 Å². The molecule has 2 amide bonds. The summed E-state index contributed by atoms with van der Waals surface area (Å²) >= 11 is 0. The van der Waals surface area contributed by atoms with Gasteiger partial charge in [-0.15, -0.1) is 0 Å². The molecule has 1 saturated heterocycles. The standard InChI is InChI=1S/C31H39N3O7/c1-17(2)31(39)41-16-26(36)23(13-18-7-5-11-25(18)35)33-29(37)28-20-9-4-8-19(20)15-34(28)30(38)24-14-21-22(32-24)10-6-12-27(21)40-3/h6,10,12,14,17-20,23,28,32H,4-5,7-9,11,13,15-16H2,1-3H3,(H,33,37). The Morgan fingerprint density at radius 2 is 1.93 bits per heavy atom. The maximum absolute atomic E-state index is 13.9. The molecule has 10 nitrogen and oxygen atoms in total. The van der Waals surface area contributed by atoms with Gasteiger partial charge in [0.05, 0.1) is 19.1 Å². The number of carbonyl (C=O) groups excluding carboxylic acids is 5. The lowest BCUT2D eigenvalue weighted by molar-refractivity contribution is -0.151. The second kappa shape index (κ2) is 12.0. The number of hydrogen-bond donors (Lipinski definition) is 2. The van der Waals surface area contributed by atoms with Crippen LogP contribution in [0, 0.1) is 23.7 Å². The van der Waals surface area contributed by atoms with Crippen LogP contribution in [-0.2, 0) is 23.9 Å².